The standard InChI is InChI=1S/C21H22F3N3O3S/c1-4-15-7-8-16(18-12-20(30-26-18)21(22,23)24)11-19(15)31(28,29)25-13-14-5-9-17(10-6-14)27(2)3/h5-12,25H,4,13H2,1-3H3. The number of nitrogens with one attached hydrogen (secondary N) is 1. The lowest BCUT2D eigenvalue weighted by Gasteiger charge is -2.14. The molecule has 0 amide bonds. The number of anilines is 1. The summed E-state index contributed by atoms with van der Waals surface area (Å²) in [6, 6.07) is 12.6. The molecule has 0 radical (unpaired) electrons. The van der Waals surface area contributed by atoms with E-state index in [1.807, 2.05) is 43.3 Å². The van der Waals surface area contributed by atoms with Crippen molar-refractivity contribution in [2.24, 2.45) is 0 Å². The van der Waals surface area contributed by atoms with Crippen molar-refractivity contribution in [1.82, 2.24) is 9.88 Å². The fourth-order valence-electron chi connectivity index (χ4n) is 2.97. The average Bonchev–Trinajstić information content (AvgIpc) is 3.23. The quantitative estimate of drug-likeness (QED) is 0.571. The zero-order valence-corrected chi connectivity index (χ0v) is 18.0. The van der Waals surface area contributed by atoms with Crippen LogP contribution < -0.4 is 9.62 Å². The van der Waals surface area contributed by atoms with E-state index in [1.54, 1.807) is 13.0 Å². The van der Waals surface area contributed by atoms with E-state index in [9.17, 15) is 21.6 Å². The number of hydrogen-bond donors (Lipinski definition) is 1. The third kappa shape index (κ3) is 5.26. The third-order valence-electron chi connectivity index (χ3n) is 4.74. The fourth-order valence-corrected chi connectivity index (χ4v) is 4.32. The van der Waals surface area contributed by atoms with Crippen LogP contribution in [0.5, 0.6) is 0 Å². The van der Waals surface area contributed by atoms with Gasteiger partial charge in [0.15, 0.2) is 0 Å². The van der Waals surface area contributed by atoms with E-state index in [0.29, 0.717) is 12.0 Å². The van der Waals surface area contributed by atoms with Gasteiger partial charge in [-0.05, 0) is 35.7 Å². The minimum atomic E-state index is -4.67. The second kappa shape index (κ2) is 8.72. The highest BCUT2D eigenvalue weighted by Gasteiger charge is 2.36. The molecule has 1 N–H and O–H groups in total. The van der Waals surface area contributed by atoms with Crippen molar-refractivity contribution in [3.05, 3.63) is 65.4 Å². The molecule has 166 valence electrons. The average molecular weight is 453 g/mol. The Bertz CT molecular complexity index is 1150. The number of alkyl halides is 3. The number of benzene rings is 2. The Balaban J connectivity index is 1.87. The first-order valence-electron chi connectivity index (χ1n) is 9.44. The van der Waals surface area contributed by atoms with E-state index in [2.05, 4.69) is 14.4 Å². The smallest absolute Gasteiger partial charge is 0.378 e. The second-order valence-corrected chi connectivity index (χ2v) is 8.87. The molecule has 0 saturated heterocycles. The van der Waals surface area contributed by atoms with Crippen molar-refractivity contribution < 1.29 is 26.1 Å². The summed E-state index contributed by atoms with van der Waals surface area (Å²) >= 11 is 0. The third-order valence-corrected chi connectivity index (χ3v) is 6.23. The summed E-state index contributed by atoms with van der Waals surface area (Å²) in [7, 11) is -0.108. The number of aromatic nitrogens is 1. The van der Waals surface area contributed by atoms with Gasteiger partial charge in [-0.25, -0.2) is 13.1 Å². The molecule has 0 fully saturated rings. The number of aryl methyl sites for hydroxylation is 1. The second-order valence-electron chi connectivity index (χ2n) is 7.14. The van der Waals surface area contributed by atoms with Crippen molar-refractivity contribution in [3.63, 3.8) is 0 Å². The van der Waals surface area contributed by atoms with Gasteiger partial charge >= 0.3 is 6.18 Å². The van der Waals surface area contributed by atoms with Crippen LogP contribution in [0.15, 0.2) is 57.9 Å². The number of halogens is 3. The largest absolute Gasteiger partial charge is 0.452 e. The molecule has 1 heterocycles. The number of hydrogen-bond acceptors (Lipinski definition) is 5. The van der Waals surface area contributed by atoms with Gasteiger partial charge in [0.05, 0.1) is 4.90 Å². The van der Waals surface area contributed by atoms with Crippen LogP contribution in [-0.2, 0) is 29.2 Å². The van der Waals surface area contributed by atoms with E-state index in [-0.39, 0.29) is 22.7 Å². The van der Waals surface area contributed by atoms with Crippen molar-refractivity contribution in [2.75, 3.05) is 19.0 Å². The highest BCUT2D eigenvalue weighted by atomic mass is 32.2. The normalized spacial score (nSPS) is 12.2. The van der Waals surface area contributed by atoms with Crippen molar-refractivity contribution >= 4 is 15.7 Å². The molecule has 0 bridgehead atoms. The van der Waals surface area contributed by atoms with Gasteiger partial charge in [0.1, 0.15) is 5.69 Å². The lowest BCUT2D eigenvalue weighted by molar-refractivity contribution is -0.155. The van der Waals surface area contributed by atoms with E-state index in [4.69, 9.17) is 0 Å². The molecule has 1 aromatic heterocycles. The first-order valence-corrected chi connectivity index (χ1v) is 10.9. The van der Waals surface area contributed by atoms with Crippen LogP contribution in [0.3, 0.4) is 0 Å². The zero-order chi connectivity index (χ0) is 22.8. The van der Waals surface area contributed by atoms with Crippen LogP contribution in [0.1, 0.15) is 23.8 Å². The molecule has 0 spiro atoms. The topological polar surface area (TPSA) is 75.4 Å². The van der Waals surface area contributed by atoms with E-state index < -0.39 is 22.0 Å². The monoisotopic (exact) mass is 453 g/mol. The fraction of sp³-hybridized carbons (Fsp3) is 0.286. The maximum atomic E-state index is 13.0. The molecule has 3 aromatic rings. The van der Waals surface area contributed by atoms with Crippen LogP contribution in [0.2, 0.25) is 0 Å². The zero-order valence-electron chi connectivity index (χ0n) is 17.2. The molecule has 0 aliphatic heterocycles. The van der Waals surface area contributed by atoms with Crippen LogP contribution in [-0.4, -0.2) is 27.7 Å². The molecule has 0 aliphatic carbocycles. The summed E-state index contributed by atoms with van der Waals surface area (Å²) in [5.41, 5.74) is 2.42. The molecule has 0 saturated carbocycles. The van der Waals surface area contributed by atoms with Crippen LogP contribution in [0.4, 0.5) is 18.9 Å². The van der Waals surface area contributed by atoms with Crippen molar-refractivity contribution in [1.29, 1.82) is 0 Å². The summed E-state index contributed by atoms with van der Waals surface area (Å²) in [5.74, 6) is -1.24. The predicted molar refractivity (Wildman–Crippen MR) is 111 cm³/mol. The molecule has 0 atom stereocenters. The van der Waals surface area contributed by atoms with Crippen molar-refractivity contribution in [2.45, 2.75) is 31.0 Å². The summed E-state index contributed by atoms with van der Waals surface area (Å²) in [5, 5.41) is 3.43. The predicted octanol–water partition coefficient (Wildman–Crippen LogP) is 4.47. The molecule has 6 nitrogen and oxygen atoms in total. The van der Waals surface area contributed by atoms with Gasteiger partial charge < -0.3 is 9.42 Å². The summed E-state index contributed by atoms with van der Waals surface area (Å²) < 4.78 is 71.2. The Morgan fingerprint density at radius 2 is 1.74 bits per heavy atom. The molecule has 31 heavy (non-hydrogen) atoms. The van der Waals surface area contributed by atoms with Gasteiger partial charge in [0, 0.05) is 38.0 Å². The number of rotatable bonds is 7. The molecular weight excluding hydrogens is 431 g/mol. The van der Waals surface area contributed by atoms with Crippen molar-refractivity contribution in [3.8, 4) is 11.3 Å². The SMILES string of the molecule is CCc1ccc(-c2cc(C(F)(F)F)on2)cc1S(=O)(=O)NCc1ccc(N(C)C)cc1. The Morgan fingerprint density at radius 3 is 2.29 bits per heavy atom. The highest BCUT2D eigenvalue weighted by Crippen LogP contribution is 2.33. The van der Waals surface area contributed by atoms with E-state index >= 15 is 0 Å². The van der Waals surface area contributed by atoms with Gasteiger partial charge in [-0.15, -0.1) is 0 Å². The lowest BCUT2D eigenvalue weighted by atomic mass is 10.1. The molecule has 0 unspecified atom stereocenters. The number of nitrogens with zero attached hydrogens (tertiary/aromatic N) is 2. The summed E-state index contributed by atoms with van der Waals surface area (Å²) in [4.78, 5) is 1.93. The Kier molecular flexibility index (Phi) is 6.42. The van der Waals surface area contributed by atoms with Crippen LogP contribution in [0, 0.1) is 0 Å². The Labute approximate surface area is 178 Å². The van der Waals surface area contributed by atoms with Crippen LogP contribution >= 0.6 is 0 Å². The first-order chi connectivity index (χ1) is 14.5. The van der Waals surface area contributed by atoms with E-state index in [0.717, 1.165) is 17.3 Å². The molecule has 0 aliphatic rings. The van der Waals surface area contributed by atoms with Gasteiger partial charge in [0.2, 0.25) is 15.8 Å². The molecule has 2 aromatic carbocycles. The molecule has 3 rings (SSSR count). The minimum absolute atomic E-state index is 0.00558. The summed E-state index contributed by atoms with van der Waals surface area (Å²) in [6.07, 6.45) is -4.24. The lowest BCUT2D eigenvalue weighted by Crippen LogP contribution is -2.24. The molecular formula is C21H22F3N3O3S. The number of sulfonamides is 1. The van der Waals surface area contributed by atoms with Gasteiger partial charge in [-0.2, -0.15) is 13.2 Å². The van der Waals surface area contributed by atoms with Gasteiger partial charge in [0.25, 0.3) is 0 Å². The Hall–Kier alpha value is -2.85. The van der Waals surface area contributed by atoms with Crippen LogP contribution in [0.25, 0.3) is 11.3 Å². The minimum Gasteiger partial charge on any atom is -0.378 e. The molecule has 10 heteroatoms. The highest BCUT2D eigenvalue weighted by molar-refractivity contribution is 7.89. The van der Waals surface area contributed by atoms with E-state index in [1.165, 1.54) is 12.1 Å². The van der Waals surface area contributed by atoms with Gasteiger partial charge in [-0.1, -0.05) is 36.3 Å². The van der Waals surface area contributed by atoms with Gasteiger partial charge in [-0.3, -0.25) is 0 Å². The Morgan fingerprint density at radius 1 is 1.06 bits per heavy atom. The first kappa shape index (κ1) is 22.8. The summed E-state index contributed by atoms with van der Waals surface area (Å²) in [6.45, 7) is 1.87. The maximum Gasteiger partial charge on any atom is 0.452 e. The maximum absolute atomic E-state index is 13.0.